The van der Waals surface area contributed by atoms with E-state index < -0.39 is 22.0 Å². The van der Waals surface area contributed by atoms with Crippen LogP contribution in [0.2, 0.25) is 0 Å². The van der Waals surface area contributed by atoms with Crippen LogP contribution >= 0.6 is 0 Å². The average molecular weight is 460 g/mol. The molecular formula is C24H33N3O4S. The first-order chi connectivity index (χ1) is 15.2. The maximum absolute atomic E-state index is 13.3. The van der Waals surface area contributed by atoms with Crippen molar-refractivity contribution < 1.29 is 18.0 Å². The lowest BCUT2D eigenvalue weighted by molar-refractivity contribution is -0.141. The number of rotatable bonds is 11. The van der Waals surface area contributed by atoms with Crippen LogP contribution in [0.3, 0.4) is 0 Å². The molecule has 1 unspecified atom stereocenters. The highest BCUT2D eigenvalue weighted by Gasteiger charge is 2.31. The van der Waals surface area contributed by atoms with Crippen molar-refractivity contribution in [3.05, 3.63) is 65.7 Å². The van der Waals surface area contributed by atoms with Crippen molar-refractivity contribution in [2.75, 3.05) is 20.1 Å². The van der Waals surface area contributed by atoms with Crippen LogP contribution in [-0.4, -0.2) is 55.6 Å². The molecule has 0 aromatic heterocycles. The Hall–Kier alpha value is -2.71. The molecule has 7 nitrogen and oxygen atoms in total. The lowest BCUT2D eigenvalue weighted by atomic mass is 10.1. The molecule has 2 aromatic rings. The minimum Gasteiger partial charge on any atom is -0.354 e. The molecule has 0 spiro atoms. The smallest absolute Gasteiger partial charge is 0.243 e. The third-order valence-corrected chi connectivity index (χ3v) is 7.04. The van der Waals surface area contributed by atoms with Gasteiger partial charge in [0, 0.05) is 20.1 Å². The number of carbonyl (C=O) groups excluding carboxylic acids is 2. The van der Waals surface area contributed by atoms with Gasteiger partial charge in [0.1, 0.15) is 6.04 Å². The zero-order valence-corrected chi connectivity index (χ0v) is 20.1. The number of likely N-dealkylation sites (N-methyl/N-ethyl adjacent to an activating group) is 1. The maximum Gasteiger partial charge on any atom is 0.243 e. The van der Waals surface area contributed by atoms with Crippen LogP contribution in [0.4, 0.5) is 0 Å². The molecule has 0 radical (unpaired) electrons. The van der Waals surface area contributed by atoms with Gasteiger partial charge in [0.05, 0.1) is 11.4 Å². The standard InChI is InChI=1S/C24H33N3O4S/c1-5-16-25-24(29)22(6-2)27(17-20-10-8-7-9-11-20)23(28)18-26(4)32(30,31)21-14-12-19(3)13-15-21/h7-15,22H,5-6,16-18H2,1-4H3,(H,25,29). The van der Waals surface area contributed by atoms with Crippen LogP contribution in [0, 0.1) is 6.92 Å². The quantitative estimate of drug-likeness (QED) is 0.560. The van der Waals surface area contributed by atoms with Gasteiger partial charge >= 0.3 is 0 Å². The van der Waals surface area contributed by atoms with Gasteiger partial charge in [-0.05, 0) is 37.5 Å². The fourth-order valence-corrected chi connectivity index (χ4v) is 4.44. The van der Waals surface area contributed by atoms with Gasteiger partial charge in [-0.25, -0.2) is 8.42 Å². The fraction of sp³-hybridized carbons (Fsp3) is 0.417. The number of nitrogens with one attached hydrogen (secondary N) is 1. The van der Waals surface area contributed by atoms with Crippen LogP contribution < -0.4 is 5.32 Å². The van der Waals surface area contributed by atoms with Crippen molar-refractivity contribution in [3.63, 3.8) is 0 Å². The molecule has 0 heterocycles. The van der Waals surface area contributed by atoms with Gasteiger partial charge in [0.2, 0.25) is 21.8 Å². The van der Waals surface area contributed by atoms with E-state index in [-0.39, 0.29) is 23.9 Å². The van der Waals surface area contributed by atoms with Crippen molar-refractivity contribution in [2.45, 2.75) is 51.1 Å². The van der Waals surface area contributed by atoms with E-state index in [0.717, 1.165) is 21.9 Å². The van der Waals surface area contributed by atoms with E-state index >= 15 is 0 Å². The highest BCUT2D eigenvalue weighted by atomic mass is 32.2. The predicted molar refractivity (Wildman–Crippen MR) is 125 cm³/mol. The minimum atomic E-state index is -3.84. The average Bonchev–Trinajstić information content (AvgIpc) is 2.78. The number of hydrogen-bond donors (Lipinski definition) is 1. The number of aryl methyl sites for hydroxylation is 1. The number of hydrogen-bond acceptors (Lipinski definition) is 4. The van der Waals surface area contributed by atoms with Gasteiger partial charge in [-0.2, -0.15) is 4.31 Å². The van der Waals surface area contributed by atoms with Crippen LogP contribution in [-0.2, 0) is 26.2 Å². The molecule has 0 aliphatic rings. The second-order valence-corrected chi connectivity index (χ2v) is 9.84. The highest BCUT2D eigenvalue weighted by Crippen LogP contribution is 2.17. The normalized spacial score (nSPS) is 12.4. The van der Waals surface area contributed by atoms with Crippen molar-refractivity contribution in [1.82, 2.24) is 14.5 Å². The maximum atomic E-state index is 13.3. The Morgan fingerprint density at radius 3 is 2.19 bits per heavy atom. The van der Waals surface area contributed by atoms with E-state index in [1.54, 1.807) is 12.1 Å². The molecule has 0 bridgehead atoms. The Bertz CT molecular complexity index is 992. The molecule has 8 heteroatoms. The lowest BCUT2D eigenvalue weighted by Crippen LogP contribution is -2.51. The predicted octanol–water partition coefficient (Wildman–Crippen LogP) is 2.95. The molecule has 0 aliphatic carbocycles. The summed E-state index contributed by atoms with van der Waals surface area (Å²) in [4.78, 5) is 27.7. The summed E-state index contributed by atoms with van der Waals surface area (Å²) in [6.07, 6.45) is 1.20. The first kappa shape index (κ1) is 25.5. The Labute approximate surface area is 191 Å². The summed E-state index contributed by atoms with van der Waals surface area (Å²) >= 11 is 0. The Morgan fingerprint density at radius 1 is 1.00 bits per heavy atom. The van der Waals surface area contributed by atoms with Gasteiger partial charge < -0.3 is 10.2 Å². The number of nitrogens with zero attached hydrogens (tertiary/aromatic N) is 2. The number of amides is 2. The summed E-state index contributed by atoms with van der Waals surface area (Å²) in [6, 6.07) is 15.2. The Kier molecular flexibility index (Phi) is 9.41. The molecule has 2 aromatic carbocycles. The second kappa shape index (κ2) is 11.8. The SMILES string of the molecule is CCCNC(=O)C(CC)N(Cc1ccccc1)C(=O)CN(C)S(=O)(=O)c1ccc(C)cc1. The van der Waals surface area contributed by atoms with Crippen molar-refractivity contribution >= 4 is 21.8 Å². The second-order valence-electron chi connectivity index (χ2n) is 7.80. The highest BCUT2D eigenvalue weighted by molar-refractivity contribution is 7.89. The van der Waals surface area contributed by atoms with E-state index in [1.807, 2.05) is 51.1 Å². The molecule has 0 saturated heterocycles. The number of benzene rings is 2. The molecule has 0 aliphatic heterocycles. The van der Waals surface area contributed by atoms with Crippen molar-refractivity contribution in [1.29, 1.82) is 0 Å². The third kappa shape index (κ3) is 6.64. The van der Waals surface area contributed by atoms with E-state index in [2.05, 4.69) is 5.32 Å². The van der Waals surface area contributed by atoms with Crippen LogP contribution in [0.25, 0.3) is 0 Å². The van der Waals surface area contributed by atoms with E-state index in [9.17, 15) is 18.0 Å². The topological polar surface area (TPSA) is 86.8 Å². The van der Waals surface area contributed by atoms with Gasteiger partial charge in [-0.1, -0.05) is 61.9 Å². The van der Waals surface area contributed by atoms with E-state index in [1.165, 1.54) is 24.1 Å². The third-order valence-electron chi connectivity index (χ3n) is 5.22. The lowest BCUT2D eigenvalue weighted by Gasteiger charge is -2.32. The summed E-state index contributed by atoms with van der Waals surface area (Å²) < 4.78 is 26.9. The molecule has 0 saturated carbocycles. The van der Waals surface area contributed by atoms with Gasteiger partial charge in [-0.15, -0.1) is 0 Å². The first-order valence-corrected chi connectivity index (χ1v) is 12.3. The minimum absolute atomic E-state index is 0.126. The first-order valence-electron chi connectivity index (χ1n) is 10.8. The van der Waals surface area contributed by atoms with E-state index in [4.69, 9.17) is 0 Å². The molecule has 1 atom stereocenters. The molecular weight excluding hydrogens is 426 g/mol. The summed E-state index contributed by atoms with van der Waals surface area (Å²) in [5, 5.41) is 2.85. The summed E-state index contributed by atoms with van der Waals surface area (Å²) in [6.45, 7) is 6.05. The molecule has 2 amide bonds. The van der Waals surface area contributed by atoms with Crippen molar-refractivity contribution in [3.8, 4) is 0 Å². The molecule has 32 heavy (non-hydrogen) atoms. The fourth-order valence-electron chi connectivity index (χ4n) is 3.32. The van der Waals surface area contributed by atoms with Gasteiger partial charge in [0.15, 0.2) is 0 Å². The van der Waals surface area contributed by atoms with Crippen LogP contribution in [0.1, 0.15) is 37.8 Å². The van der Waals surface area contributed by atoms with Gasteiger partial charge in [0.25, 0.3) is 0 Å². The molecule has 0 fully saturated rings. The Morgan fingerprint density at radius 2 is 1.62 bits per heavy atom. The monoisotopic (exact) mass is 459 g/mol. The number of sulfonamides is 1. The Balaban J connectivity index is 2.27. The van der Waals surface area contributed by atoms with Gasteiger partial charge in [-0.3, -0.25) is 9.59 Å². The van der Waals surface area contributed by atoms with Crippen LogP contribution in [0.5, 0.6) is 0 Å². The largest absolute Gasteiger partial charge is 0.354 e. The molecule has 1 N–H and O–H groups in total. The molecule has 2 rings (SSSR count). The zero-order chi connectivity index (χ0) is 23.7. The summed E-state index contributed by atoms with van der Waals surface area (Å²) in [5.74, 6) is -0.659. The summed E-state index contributed by atoms with van der Waals surface area (Å²) in [5.41, 5.74) is 1.81. The number of carbonyl (C=O) groups is 2. The molecule has 174 valence electrons. The van der Waals surface area contributed by atoms with Crippen LogP contribution in [0.15, 0.2) is 59.5 Å². The van der Waals surface area contributed by atoms with Crippen molar-refractivity contribution in [2.24, 2.45) is 0 Å². The summed E-state index contributed by atoms with van der Waals surface area (Å²) in [7, 11) is -2.46. The zero-order valence-electron chi connectivity index (χ0n) is 19.2. The van der Waals surface area contributed by atoms with E-state index in [0.29, 0.717) is 13.0 Å².